The molecule has 1 fully saturated rings. The van der Waals surface area contributed by atoms with Gasteiger partial charge in [-0.15, -0.1) is 0 Å². The molecule has 1 saturated carbocycles. The van der Waals surface area contributed by atoms with Gasteiger partial charge in [-0.3, -0.25) is 14.5 Å². The molecular weight excluding hydrogens is 548 g/mol. The monoisotopic (exact) mass is 577 g/mol. The molecule has 0 unspecified atom stereocenters. The van der Waals surface area contributed by atoms with E-state index in [1.54, 1.807) is 6.07 Å². The van der Waals surface area contributed by atoms with E-state index in [2.05, 4.69) is 15.2 Å². The van der Waals surface area contributed by atoms with Crippen LogP contribution in [0.2, 0.25) is 0 Å². The molecule has 0 N–H and O–H groups in total. The summed E-state index contributed by atoms with van der Waals surface area (Å²) in [5.74, 6) is -0.276. The predicted molar refractivity (Wildman–Crippen MR) is 141 cm³/mol. The summed E-state index contributed by atoms with van der Waals surface area (Å²) < 4.78 is 81.9. The zero-order valence-corrected chi connectivity index (χ0v) is 22.5. The number of rotatable bonds is 5. The number of hydrogen-bond acceptors (Lipinski definition) is 4. The maximum Gasteiger partial charge on any atom is 0.418 e. The van der Waals surface area contributed by atoms with Gasteiger partial charge in [-0.1, -0.05) is 31.4 Å². The van der Waals surface area contributed by atoms with Crippen LogP contribution in [0.25, 0.3) is 11.3 Å². The van der Waals surface area contributed by atoms with Crippen LogP contribution in [0.5, 0.6) is 0 Å². The van der Waals surface area contributed by atoms with E-state index in [-0.39, 0.29) is 34.4 Å². The van der Waals surface area contributed by atoms with E-state index in [1.165, 1.54) is 37.6 Å². The molecule has 0 saturated heterocycles. The van der Waals surface area contributed by atoms with Crippen molar-refractivity contribution in [2.45, 2.75) is 64.1 Å². The highest BCUT2D eigenvalue weighted by Crippen LogP contribution is 2.35. The van der Waals surface area contributed by atoms with Crippen molar-refractivity contribution in [3.05, 3.63) is 99.1 Å². The van der Waals surface area contributed by atoms with Gasteiger partial charge in [0.15, 0.2) is 0 Å². The molecular formula is C29H29F6N5O. The zero-order valence-electron chi connectivity index (χ0n) is 22.5. The smallest absolute Gasteiger partial charge is 0.267 e. The van der Waals surface area contributed by atoms with Crippen LogP contribution < -0.4 is 5.56 Å². The van der Waals surface area contributed by atoms with Gasteiger partial charge in [0, 0.05) is 24.4 Å². The lowest BCUT2D eigenvalue weighted by Crippen LogP contribution is -2.30. The van der Waals surface area contributed by atoms with Crippen LogP contribution >= 0.6 is 0 Å². The summed E-state index contributed by atoms with van der Waals surface area (Å²) in [5.41, 5.74) is -0.815. The topological polar surface area (TPSA) is 65.6 Å². The van der Waals surface area contributed by atoms with Gasteiger partial charge in [0.25, 0.3) is 12.0 Å². The molecule has 0 spiro atoms. The molecule has 0 bridgehead atoms. The van der Waals surface area contributed by atoms with E-state index >= 15 is 0 Å². The van der Waals surface area contributed by atoms with Gasteiger partial charge < -0.3 is 0 Å². The van der Waals surface area contributed by atoms with Crippen LogP contribution in [0, 0.1) is 12.7 Å². The highest BCUT2D eigenvalue weighted by Gasteiger charge is 2.34. The third-order valence-corrected chi connectivity index (χ3v) is 6.99. The summed E-state index contributed by atoms with van der Waals surface area (Å²) in [6.45, 7) is 1.33. The summed E-state index contributed by atoms with van der Waals surface area (Å²) in [7, 11) is 1.37. The number of aryl methyl sites for hydroxylation is 2. The maximum absolute atomic E-state index is 13.7. The van der Waals surface area contributed by atoms with Gasteiger partial charge in [-0.25, -0.2) is 17.9 Å². The van der Waals surface area contributed by atoms with Gasteiger partial charge in [0.1, 0.15) is 11.5 Å². The number of aromatic nitrogens is 5. The standard InChI is InChI=1S/C22H22F5N5O.C7H7F/c1-31-19(20(23)24)15(11-29-31)17-10-14(13-6-3-2-4-7-13)21(33)32(30-17)12-18-16(22(25,26)27)8-5-9-28-18;1-6-3-2-4-7(8)5-6/h5,8-11,13,20H,2-4,6-7,12H2,1H3;2-5H,1H3. The van der Waals surface area contributed by atoms with Crippen LogP contribution in [0.15, 0.2) is 59.7 Å². The Bertz CT molecular complexity index is 1520. The molecule has 0 radical (unpaired) electrons. The van der Waals surface area contributed by atoms with E-state index < -0.39 is 30.3 Å². The molecule has 4 aromatic rings. The van der Waals surface area contributed by atoms with E-state index in [1.807, 2.05) is 13.0 Å². The van der Waals surface area contributed by atoms with Crippen molar-refractivity contribution in [2.24, 2.45) is 7.05 Å². The SMILES string of the molecule is Cc1cccc(F)c1.Cn1ncc(-c2cc(C3CCCCC3)c(=O)n(Cc3ncccc3C(F)(F)F)n2)c1C(F)F. The Balaban J connectivity index is 0.000000417. The average Bonchev–Trinajstić information content (AvgIpc) is 3.32. The van der Waals surface area contributed by atoms with Gasteiger partial charge >= 0.3 is 6.18 Å². The fourth-order valence-electron chi connectivity index (χ4n) is 4.98. The largest absolute Gasteiger partial charge is 0.418 e. The molecule has 0 aliphatic heterocycles. The second-order valence-electron chi connectivity index (χ2n) is 9.94. The maximum atomic E-state index is 13.7. The number of pyridine rings is 1. The minimum atomic E-state index is -4.66. The third kappa shape index (κ3) is 7.22. The Morgan fingerprint density at radius 2 is 1.78 bits per heavy atom. The molecule has 218 valence electrons. The third-order valence-electron chi connectivity index (χ3n) is 6.99. The number of halogens is 6. The summed E-state index contributed by atoms with van der Waals surface area (Å²) in [5, 5.41) is 8.07. The van der Waals surface area contributed by atoms with Gasteiger partial charge in [-0.05, 0) is 61.6 Å². The minimum Gasteiger partial charge on any atom is -0.267 e. The van der Waals surface area contributed by atoms with Crippen molar-refractivity contribution >= 4 is 0 Å². The molecule has 5 rings (SSSR count). The van der Waals surface area contributed by atoms with Crippen molar-refractivity contribution in [2.75, 3.05) is 0 Å². The molecule has 1 aliphatic carbocycles. The lowest BCUT2D eigenvalue weighted by molar-refractivity contribution is -0.138. The van der Waals surface area contributed by atoms with Crippen molar-refractivity contribution in [3.63, 3.8) is 0 Å². The van der Waals surface area contributed by atoms with Crippen molar-refractivity contribution < 1.29 is 26.3 Å². The first-order valence-electron chi connectivity index (χ1n) is 13.1. The summed E-state index contributed by atoms with van der Waals surface area (Å²) in [6, 6.07) is 10.0. The number of alkyl halides is 5. The van der Waals surface area contributed by atoms with Crippen molar-refractivity contribution in [1.29, 1.82) is 0 Å². The summed E-state index contributed by atoms with van der Waals surface area (Å²) in [6.07, 6.45) is -0.740. The van der Waals surface area contributed by atoms with Crippen LogP contribution in [0.1, 0.15) is 72.5 Å². The number of hydrogen-bond donors (Lipinski definition) is 0. The lowest BCUT2D eigenvalue weighted by atomic mass is 9.84. The Morgan fingerprint density at radius 1 is 1.05 bits per heavy atom. The molecule has 1 aliphatic rings. The highest BCUT2D eigenvalue weighted by atomic mass is 19.4. The number of nitrogens with zero attached hydrogens (tertiary/aromatic N) is 5. The van der Waals surface area contributed by atoms with Gasteiger partial charge in [-0.2, -0.15) is 23.4 Å². The molecule has 3 heterocycles. The van der Waals surface area contributed by atoms with Crippen LogP contribution in [-0.2, 0) is 19.8 Å². The molecule has 6 nitrogen and oxygen atoms in total. The van der Waals surface area contributed by atoms with E-state index in [0.29, 0.717) is 5.56 Å². The van der Waals surface area contributed by atoms with Crippen molar-refractivity contribution in [3.8, 4) is 11.3 Å². The van der Waals surface area contributed by atoms with Gasteiger partial charge in [0.05, 0.1) is 29.7 Å². The first-order valence-corrected chi connectivity index (χ1v) is 13.1. The van der Waals surface area contributed by atoms with E-state index in [0.717, 1.165) is 59.2 Å². The normalized spacial score (nSPS) is 14.2. The van der Waals surface area contributed by atoms with Crippen LogP contribution in [0.3, 0.4) is 0 Å². The first-order chi connectivity index (χ1) is 19.5. The molecule has 12 heteroatoms. The van der Waals surface area contributed by atoms with E-state index in [4.69, 9.17) is 0 Å². The van der Waals surface area contributed by atoms with Crippen LogP contribution in [0.4, 0.5) is 26.3 Å². The molecule has 0 atom stereocenters. The molecule has 0 amide bonds. The Hall–Kier alpha value is -3.96. The second kappa shape index (κ2) is 12.7. The van der Waals surface area contributed by atoms with E-state index in [9.17, 15) is 31.1 Å². The second-order valence-corrected chi connectivity index (χ2v) is 9.94. The number of benzene rings is 1. The van der Waals surface area contributed by atoms with Crippen molar-refractivity contribution in [1.82, 2.24) is 24.5 Å². The highest BCUT2D eigenvalue weighted by molar-refractivity contribution is 5.62. The predicted octanol–water partition coefficient (Wildman–Crippen LogP) is 7.23. The molecule has 41 heavy (non-hydrogen) atoms. The fraction of sp³-hybridized carbons (Fsp3) is 0.379. The molecule has 1 aromatic carbocycles. The van der Waals surface area contributed by atoms with Gasteiger partial charge in [0.2, 0.25) is 0 Å². The van der Waals surface area contributed by atoms with Crippen LogP contribution in [-0.4, -0.2) is 24.5 Å². The fourth-order valence-corrected chi connectivity index (χ4v) is 4.98. The zero-order chi connectivity index (χ0) is 29.7. The quantitative estimate of drug-likeness (QED) is 0.235. The first kappa shape index (κ1) is 30.0. The summed E-state index contributed by atoms with van der Waals surface area (Å²) >= 11 is 0. The average molecular weight is 578 g/mol. The summed E-state index contributed by atoms with van der Waals surface area (Å²) in [4.78, 5) is 17.1. The Kier molecular flexibility index (Phi) is 9.29. The molecule has 3 aromatic heterocycles. The lowest BCUT2D eigenvalue weighted by Gasteiger charge is -2.22. The Labute approximate surface area is 232 Å². The Morgan fingerprint density at radius 3 is 2.39 bits per heavy atom. The minimum absolute atomic E-state index is 0.0374.